The highest BCUT2D eigenvalue weighted by atomic mass is 35.6. The topological polar surface area (TPSA) is 55.1 Å². The van der Waals surface area contributed by atoms with Crippen LogP contribution in [-0.2, 0) is 4.79 Å². The summed E-state index contributed by atoms with van der Waals surface area (Å²) >= 11 is 16.8. The van der Waals surface area contributed by atoms with Gasteiger partial charge in [0.2, 0.25) is 9.70 Å². The summed E-state index contributed by atoms with van der Waals surface area (Å²) in [6, 6.07) is 0. The van der Waals surface area contributed by atoms with Crippen molar-refractivity contribution in [2.24, 2.45) is 23.0 Å². The Balaban J connectivity index is 2.44. The summed E-state index contributed by atoms with van der Waals surface area (Å²) in [5.74, 6) is 0.920. The SMILES string of the molecule is CCC1CC(CC(=O)NC(N)C(Cl)(Cl)Cl)C1(C)C. The lowest BCUT2D eigenvalue weighted by atomic mass is 9.53. The smallest absolute Gasteiger partial charge is 0.223 e. The van der Waals surface area contributed by atoms with Gasteiger partial charge in [-0.25, -0.2) is 0 Å². The van der Waals surface area contributed by atoms with Crippen LogP contribution in [-0.4, -0.2) is 15.9 Å². The van der Waals surface area contributed by atoms with Gasteiger partial charge in [0, 0.05) is 6.42 Å². The van der Waals surface area contributed by atoms with Crippen LogP contribution in [0.3, 0.4) is 0 Å². The maximum atomic E-state index is 11.8. The lowest BCUT2D eigenvalue weighted by molar-refractivity contribution is -0.127. The second-order valence-electron chi connectivity index (χ2n) is 5.65. The van der Waals surface area contributed by atoms with Gasteiger partial charge in [-0.05, 0) is 23.7 Å². The molecule has 0 saturated heterocycles. The highest BCUT2D eigenvalue weighted by Crippen LogP contribution is 2.54. The van der Waals surface area contributed by atoms with Crippen LogP contribution >= 0.6 is 34.8 Å². The van der Waals surface area contributed by atoms with Crippen molar-refractivity contribution in [2.75, 3.05) is 0 Å². The molecule has 106 valence electrons. The van der Waals surface area contributed by atoms with E-state index in [2.05, 4.69) is 26.1 Å². The minimum atomic E-state index is -1.67. The normalized spacial score (nSPS) is 28.4. The van der Waals surface area contributed by atoms with Crippen LogP contribution in [0.25, 0.3) is 0 Å². The first-order chi connectivity index (χ1) is 8.09. The summed E-state index contributed by atoms with van der Waals surface area (Å²) in [5.41, 5.74) is 5.78. The molecule has 3 N–H and O–H groups in total. The Morgan fingerprint density at radius 1 is 1.44 bits per heavy atom. The highest BCUT2D eigenvalue weighted by Gasteiger charge is 2.47. The molecule has 1 fully saturated rings. The molecule has 0 aromatic carbocycles. The van der Waals surface area contributed by atoms with Crippen molar-refractivity contribution < 1.29 is 4.79 Å². The molecule has 0 spiro atoms. The quantitative estimate of drug-likeness (QED) is 0.618. The van der Waals surface area contributed by atoms with Crippen LogP contribution in [0, 0.1) is 17.3 Å². The van der Waals surface area contributed by atoms with Crippen LogP contribution < -0.4 is 11.1 Å². The maximum absolute atomic E-state index is 11.8. The van der Waals surface area contributed by atoms with E-state index in [4.69, 9.17) is 40.5 Å². The van der Waals surface area contributed by atoms with Crippen LogP contribution in [0.4, 0.5) is 0 Å². The molecule has 18 heavy (non-hydrogen) atoms. The number of hydrogen-bond donors (Lipinski definition) is 2. The molecular formula is C12H21Cl3N2O. The zero-order valence-electron chi connectivity index (χ0n) is 11.0. The monoisotopic (exact) mass is 314 g/mol. The molecular weight excluding hydrogens is 295 g/mol. The molecule has 6 heteroatoms. The standard InChI is InChI=1S/C12H21Cl3N2O/c1-4-7-5-8(11(7,2)3)6-9(18)17-10(16)12(13,14)15/h7-8,10H,4-6,16H2,1-3H3,(H,17,18). The molecule has 3 nitrogen and oxygen atoms in total. The number of alkyl halides is 3. The molecule has 3 atom stereocenters. The maximum Gasteiger partial charge on any atom is 0.223 e. The summed E-state index contributed by atoms with van der Waals surface area (Å²) < 4.78 is -1.67. The Kier molecular flexibility index (Phi) is 5.21. The summed E-state index contributed by atoms with van der Waals surface area (Å²) in [7, 11) is 0. The van der Waals surface area contributed by atoms with E-state index < -0.39 is 9.96 Å². The van der Waals surface area contributed by atoms with Crippen molar-refractivity contribution >= 4 is 40.7 Å². The average molecular weight is 316 g/mol. The van der Waals surface area contributed by atoms with E-state index >= 15 is 0 Å². The molecule has 0 bridgehead atoms. The van der Waals surface area contributed by atoms with Gasteiger partial charge in [0.1, 0.15) is 6.17 Å². The minimum absolute atomic E-state index is 0.151. The first kappa shape index (κ1) is 16.4. The fraction of sp³-hybridized carbons (Fsp3) is 0.917. The zero-order chi connectivity index (χ0) is 14.1. The van der Waals surface area contributed by atoms with Gasteiger partial charge in [0.15, 0.2) is 0 Å². The Morgan fingerprint density at radius 2 is 2.00 bits per heavy atom. The van der Waals surface area contributed by atoms with E-state index in [0.717, 1.165) is 12.8 Å². The van der Waals surface area contributed by atoms with Crippen molar-refractivity contribution in [3.8, 4) is 0 Å². The van der Waals surface area contributed by atoms with Gasteiger partial charge < -0.3 is 11.1 Å². The molecule has 0 heterocycles. The Hall–Kier alpha value is 0.300. The number of halogens is 3. The van der Waals surface area contributed by atoms with Crippen molar-refractivity contribution in [1.82, 2.24) is 5.32 Å². The minimum Gasteiger partial charge on any atom is -0.337 e. The molecule has 1 amide bonds. The van der Waals surface area contributed by atoms with E-state index in [1.165, 1.54) is 0 Å². The fourth-order valence-electron chi connectivity index (χ4n) is 2.70. The summed E-state index contributed by atoms with van der Waals surface area (Å²) in [6.07, 6.45) is 1.71. The van der Waals surface area contributed by atoms with Gasteiger partial charge in [0.25, 0.3) is 0 Å². The second-order valence-corrected chi connectivity index (χ2v) is 8.02. The van der Waals surface area contributed by atoms with Gasteiger partial charge in [0.05, 0.1) is 0 Å². The summed E-state index contributed by atoms with van der Waals surface area (Å²) in [4.78, 5) is 11.8. The summed E-state index contributed by atoms with van der Waals surface area (Å²) in [5, 5.41) is 2.53. The molecule has 0 aromatic rings. The number of carbonyl (C=O) groups excluding carboxylic acids is 1. The third-order valence-corrected chi connectivity index (χ3v) is 4.97. The predicted molar refractivity (Wildman–Crippen MR) is 76.7 cm³/mol. The van der Waals surface area contributed by atoms with Crippen LogP contribution in [0.1, 0.15) is 40.0 Å². The zero-order valence-corrected chi connectivity index (χ0v) is 13.2. The van der Waals surface area contributed by atoms with Crippen molar-refractivity contribution in [1.29, 1.82) is 0 Å². The molecule has 3 unspecified atom stereocenters. The molecule has 0 aliphatic heterocycles. The molecule has 1 saturated carbocycles. The lowest BCUT2D eigenvalue weighted by Crippen LogP contribution is -2.52. The third kappa shape index (κ3) is 3.66. The predicted octanol–water partition coefficient (Wildman–Crippen LogP) is 3.22. The number of amides is 1. The molecule has 0 aromatic heterocycles. The summed E-state index contributed by atoms with van der Waals surface area (Å²) in [6.45, 7) is 6.59. The molecule has 0 radical (unpaired) electrons. The number of rotatable bonds is 4. The van der Waals surface area contributed by atoms with Crippen molar-refractivity contribution in [2.45, 2.75) is 50.0 Å². The first-order valence-corrected chi connectivity index (χ1v) is 7.34. The average Bonchev–Trinajstić information content (AvgIpc) is 2.22. The van der Waals surface area contributed by atoms with E-state index in [1.807, 2.05) is 0 Å². The lowest BCUT2D eigenvalue weighted by Gasteiger charge is -2.52. The Labute approximate surface area is 124 Å². The molecule has 1 rings (SSSR count). The fourth-order valence-corrected chi connectivity index (χ4v) is 2.86. The molecule has 1 aliphatic rings. The van der Waals surface area contributed by atoms with Crippen molar-refractivity contribution in [3.63, 3.8) is 0 Å². The van der Waals surface area contributed by atoms with Gasteiger partial charge in [-0.2, -0.15) is 0 Å². The molecule has 1 aliphatic carbocycles. The number of hydrogen-bond acceptors (Lipinski definition) is 2. The van der Waals surface area contributed by atoms with Gasteiger partial charge >= 0.3 is 0 Å². The van der Waals surface area contributed by atoms with Crippen LogP contribution in [0.5, 0.6) is 0 Å². The van der Waals surface area contributed by atoms with Gasteiger partial charge in [-0.15, -0.1) is 0 Å². The van der Waals surface area contributed by atoms with E-state index in [9.17, 15) is 4.79 Å². The van der Waals surface area contributed by atoms with Crippen molar-refractivity contribution in [3.05, 3.63) is 0 Å². The van der Waals surface area contributed by atoms with Crippen LogP contribution in [0.2, 0.25) is 0 Å². The van der Waals surface area contributed by atoms with Gasteiger partial charge in [-0.3, -0.25) is 4.79 Å². The second kappa shape index (κ2) is 5.74. The van der Waals surface area contributed by atoms with E-state index in [0.29, 0.717) is 18.3 Å². The van der Waals surface area contributed by atoms with E-state index in [1.54, 1.807) is 0 Å². The Morgan fingerprint density at radius 3 is 2.39 bits per heavy atom. The number of nitrogens with one attached hydrogen (secondary N) is 1. The van der Waals surface area contributed by atoms with Gasteiger partial charge in [-0.1, -0.05) is 62.0 Å². The van der Waals surface area contributed by atoms with E-state index in [-0.39, 0.29) is 11.3 Å². The number of carbonyl (C=O) groups is 1. The largest absolute Gasteiger partial charge is 0.337 e. The third-order valence-electron chi connectivity index (χ3n) is 4.27. The number of nitrogens with two attached hydrogens (primary N) is 1. The highest BCUT2D eigenvalue weighted by molar-refractivity contribution is 6.68. The Bertz CT molecular complexity index is 315. The first-order valence-electron chi connectivity index (χ1n) is 6.20. The van der Waals surface area contributed by atoms with Crippen LogP contribution in [0.15, 0.2) is 0 Å².